The molecule has 0 unspecified atom stereocenters. The summed E-state index contributed by atoms with van der Waals surface area (Å²) >= 11 is 0. The van der Waals surface area contributed by atoms with E-state index in [1.807, 2.05) is 11.1 Å². The molecule has 150 valence electrons. The lowest BCUT2D eigenvalue weighted by Gasteiger charge is -2.32. The zero-order valence-electron chi connectivity index (χ0n) is 16.5. The molecule has 3 aromatic rings. The van der Waals surface area contributed by atoms with E-state index in [4.69, 9.17) is 4.98 Å². The normalized spacial score (nSPS) is 20.1. The number of nitrogens with one attached hydrogen (secondary N) is 1. The van der Waals surface area contributed by atoms with Gasteiger partial charge in [-0.05, 0) is 38.1 Å². The molecule has 1 N–H and O–H groups in total. The third-order valence-corrected chi connectivity index (χ3v) is 6.06. The van der Waals surface area contributed by atoms with Crippen LogP contribution in [0.25, 0.3) is 10.9 Å². The van der Waals surface area contributed by atoms with E-state index in [2.05, 4.69) is 21.9 Å². The smallest absolute Gasteiger partial charge is 0.270 e. The van der Waals surface area contributed by atoms with Gasteiger partial charge in [-0.2, -0.15) is 0 Å². The van der Waals surface area contributed by atoms with Gasteiger partial charge in [-0.1, -0.05) is 6.07 Å². The molecule has 0 bridgehead atoms. The van der Waals surface area contributed by atoms with Crippen molar-refractivity contribution in [2.45, 2.75) is 31.7 Å². The molecule has 7 heteroatoms. The molecule has 2 aliphatic heterocycles. The van der Waals surface area contributed by atoms with Crippen LogP contribution in [0.15, 0.2) is 30.5 Å². The molecule has 0 radical (unpaired) electrons. The fraction of sp³-hybridized carbons (Fsp3) is 0.409. The Morgan fingerprint density at radius 1 is 1.31 bits per heavy atom. The van der Waals surface area contributed by atoms with Gasteiger partial charge in [-0.25, -0.2) is 14.4 Å². The summed E-state index contributed by atoms with van der Waals surface area (Å²) in [5, 5.41) is 0.451. The fourth-order valence-corrected chi connectivity index (χ4v) is 4.45. The number of hydrogen-bond acceptors (Lipinski definition) is 4. The Bertz CT molecular complexity index is 1080. The van der Waals surface area contributed by atoms with Crippen LogP contribution in [0.2, 0.25) is 0 Å². The number of benzene rings is 1. The fourth-order valence-electron chi connectivity index (χ4n) is 4.45. The number of piperidine rings is 1. The Morgan fingerprint density at radius 3 is 3.07 bits per heavy atom. The van der Waals surface area contributed by atoms with Crippen molar-refractivity contribution in [1.29, 1.82) is 0 Å². The molecule has 29 heavy (non-hydrogen) atoms. The molecule has 0 aliphatic carbocycles. The van der Waals surface area contributed by atoms with Crippen LogP contribution >= 0.6 is 0 Å². The van der Waals surface area contributed by atoms with Crippen molar-refractivity contribution in [2.75, 3.05) is 26.7 Å². The molecule has 1 fully saturated rings. The molecule has 2 aliphatic rings. The number of hydrogen-bond donors (Lipinski definition) is 1. The first-order chi connectivity index (χ1) is 14.1. The molecule has 0 spiro atoms. The highest BCUT2D eigenvalue weighted by molar-refractivity contribution is 5.98. The topological polar surface area (TPSA) is 65.1 Å². The van der Waals surface area contributed by atoms with Gasteiger partial charge in [0, 0.05) is 66.9 Å². The number of likely N-dealkylation sites (N-methyl/N-ethyl adjacent to an activating group) is 1. The zero-order valence-corrected chi connectivity index (χ0v) is 16.5. The maximum Gasteiger partial charge on any atom is 0.270 e. The van der Waals surface area contributed by atoms with Crippen molar-refractivity contribution in [3.05, 3.63) is 59.1 Å². The van der Waals surface area contributed by atoms with E-state index in [1.54, 1.807) is 18.2 Å². The summed E-state index contributed by atoms with van der Waals surface area (Å²) in [6.07, 6.45) is 4.78. The van der Waals surface area contributed by atoms with Crippen molar-refractivity contribution < 1.29 is 9.18 Å². The molecule has 1 amide bonds. The van der Waals surface area contributed by atoms with E-state index in [-0.39, 0.29) is 17.6 Å². The first-order valence-electron chi connectivity index (χ1n) is 10.2. The minimum atomic E-state index is -0.317. The lowest BCUT2D eigenvalue weighted by atomic mass is 9.96. The van der Waals surface area contributed by atoms with Crippen LogP contribution in [-0.4, -0.2) is 57.3 Å². The highest BCUT2D eigenvalue weighted by atomic mass is 19.1. The highest BCUT2D eigenvalue weighted by Crippen LogP contribution is 2.28. The number of carbonyl (C=O) groups is 1. The summed E-state index contributed by atoms with van der Waals surface area (Å²) in [5.74, 6) is 0.569. The minimum Gasteiger partial charge on any atom is -0.350 e. The summed E-state index contributed by atoms with van der Waals surface area (Å²) < 4.78 is 14.0. The van der Waals surface area contributed by atoms with Gasteiger partial charge in [0.15, 0.2) is 0 Å². The van der Waals surface area contributed by atoms with Crippen LogP contribution in [-0.2, 0) is 13.0 Å². The van der Waals surface area contributed by atoms with Gasteiger partial charge in [0.25, 0.3) is 5.91 Å². The van der Waals surface area contributed by atoms with E-state index in [0.717, 1.165) is 43.9 Å². The highest BCUT2D eigenvalue weighted by Gasteiger charge is 2.29. The molecule has 1 aromatic carbocycles. The van der Waals surface area contributed by atoms with Crippen molar-refractivity contribution in [1.82, 2.24) is 24.8 Å². The van der Waals surface area contributed by atoms with Crippen LogP contribution in [0, 0.1) is 5.82 Å². The molecule has 0 saturated carbocycles. The van der Waals surface area contributed by atoms with Gasteiger partial charge >= 0.3 is 0 Å². The Labute approximate surface area is 168 Å². The van der Waals surface area contributed by atoms with Crippen LogP contribution in [0.3, 0.4) is 0 Å². The average Bonchev–Trinajstić information content (AvgIpc) is 3.19. The molecule has 2 aromatic heterocycles. The van der Waals surface area contributed by atoms with E-state index in [1.165, 1.54) is 11.6 Å². The second-order valence-corrected chi connectivity index (χ2v) is 8.16. The monoisotopic (exact) mass is 393 g/mol. The zero-order chi connectivity index (χ0) is 20.0. The van der Waals surface area contributed by atoms with Crippen LogP contribution in [0.4, 0.5) is 4.39 Å². The Hall–Kier alpha value is -2.80. The number of fused-ring (bicyclic) bond motifs is 2. The Morgan fingerprint density at radius 2 is 2.21 bits per heavy atom. The number of rotatable bonds is 2. The number of H-pyrrole nitrogens is 1. The van der Waals surface area contributed by atoms with Gasteiger partial charge in [-0.15, -0.1) is 0 Å². The second kappa shape index (κ2) is 7.22. The molecular formula is C22H24FN5O. The number of nitrogens with zero attached hydrogens (tertiary/aromatic N) is 4. The first kappa shape index (κ1) is 18.2. The summed E-state index contributed by atoms with van der Waals surface area (Å²) in [7, 11) is 2.11. The number of halogens is 1. The molecule has 1 atom stereocenters. The lowest BCUT2D eigenvalue weighted by molar-refractivity contribution is 0.0699. The number of amides is 1. The van der Waals surface area contributed by atoms with E-state index >= 15 is 0 Å². The minimum absolute atomic E-state index is 0.0927. The largest absolute Gasteiger partial charge is 0.350 e. The SMILES string of the molecule is CN1CCc2nc([C@@H]3CCCN(C(=O)c4cc5c(F)cccc5[nH]4)C3)ncc2C1. The van der Waals surface area contributed by atoms with Crippen molar-refractivity contribution in [3.8, 4) is 0 Å². The predicted octanol–water partition coefficient (Wildman–Crippen LogP) is 3.10. The number of aromatic nitrogens is 3. The first-order valence-corrected chi connectivity index (χ1v) is 10.2. The summed E-state index contributed by atoms with van der Waals surface area (Å²) in [6, 6.07) is 6.45. The van der Waals surface area contributed by atoms with Crippen molar-refractivity contribution >= 4 is 16.8 Å². The Balaban J connectivity index is 1.36. The van der Waals surface area contributed by atoms with E-state index < -0.39 is 0 Å². The quantitative estimate of drug-likeness (QED) is 0.727. The summed E-state index contributed by atoms with van der Waals surface area (Å²) in [4.78, 5) is 29.7. The van der Waals surface area contributed by atoms with E-state index in [9.17, 15) is 9.18 Å². The molecule has 6 nitrogen and oxygen atoms in total. The Kier molecular flexibility index (Phi) is 4.54. The average molecular weight is 393 g/mol. The van der Waals surface area contributed by atoms with Crippen LogP contribution in [0.1, 0.15) is 46.3 Å². The summed E-state index contributed by atoms with van der Waals surface area (Å²) in [6.45, 7) is 3.19. The van der Waals surface area contributed by atoms with Gasteiger partial charge in [0.05, 0.1) is 0 Å². The number of carbonyl (C=O) groups excluding carboxylic acids is 1. The standard InChI is InChI=1S/C22H24FN5O/c1-27-9-7-18-15(12-27)11-24-21(26-18)14-4-3-8-28(13-14)22(29)20-10-16-17(23)5-2-6-19(16)25-20/h2,5-6,10-11,14,25H,3-4,7-9,12-13H2,1H3/t14-/m1/s1. The van der Waals surface area contributed by atoms with Crippen molar-refractivity contribution in [2.24, 2.45) is 0 Å². The van der Waals surface area contributed by atoms with Crippen molar-refractivity contribution in [3.63, 3.8) is 0 Å². The van der Waals surface area contributed by atoms with Gasteiger partial charge < -0.3 is 14.8 Å². The number of likely N-dealkylation sites (tertiary alicyclic amines) is 1. The molecule has 1 saturated heterocycles. The van der Waals surface area contributed by atoms with Crippen LogP contribution < -0.4 is 0 Å². The molecule has 4 heterocycles. The maximum atomic E-state index is 14.0. The molecule has 5 rings (SSSR count). The summed E-state index contributed by atoms with van der Waals surface area (Å²) in [5.41, 5.74) is 3.42. The van der Waals surface area contributed by atoms with Crippen LogP contribution in [0.5, 0.6) is 0 Å². The van der Waals surface area contributed by atoms with Gasteiger partial charge in [0.2, 0.25) is 0 Å². The van der Waals surface area contributed by atoms with Gasteiger partial charge in [-0.3, -0.25) is 4.79 Å². The predicted molar refractivity (Wildman–Crippen MR) is 108 cm³/mol. The lowest BCUT2D eigenvalue weighted by Crippen LogP contribution is -2.40. The third-order valence-electron chi connectivity index (χ3n) is 6.06. The van der Waals surface area contributed by atoms with E-state index in [0.29, 0.717) is 29.7 Å². The maximum absolute atomic E-state index is 14.0. The molecular weight excluding hydrogens is 369 g/mol. The second-order valence-electron chi connectivity index (χ2n) is 8.16. The third kappa shape index (κ3) is 3.40. The van der Waals surface area contributed by atoms with Gasteiger partial charge in [0.1, 0.15) is 17.3 Å². The number of aromatic amines is 1.